The lowest BCUT2D eigenvalue weighted by molar-refractivity contribution is -0.168. The van der Waals surface area contributed by atoms with Crippen LogP contribution in [0.4, 0.5) is 0 Å². The van der Waals surface area contributed by atoms with Gasteiger partial charge in [-0.1, -0.05) is 0 Å². The summed E-state index contributed by atoms with van der Waals surface area (Å²) in [6.45, 7) is 3.00. The first-order valence-corrected chi connectivity index (χ1v) is 4.52. The van der Waals surface area contributed by atoms with Crippen LogP contribution >= 0.6 is 0 Å². The minimum atomic E-state index is -0.447. The summed E-state index contributed by atoms with van der Waals surface area (Å²) in [5, 5.41) is 9.55. The molecule has 1 heterocycles. The van der Waals surface area contributed by atoms with Crippen LogP contribution in [0.1, 0.15) is 26.2 Å². The Balaban J connectivity index is 2.56. The van der Waals surface area contributed by atoms with Gasteiger partial charge in [-0.15, -0.1) is 0 Å². The highest BCUT2D eigenvalue weighted by Gasteiger charge is 2.38. The van der Waals surface area contributed by atoms with E-state index in [1.807, 2.05) is 0 Å². The second-order valence-electron chi connectivity index (χ2n) is 3.48. The number of hydrogen-bond acceptors (Lipinski definition) is 3. The first-order valence-electron chi connectivity index (χ1n) is 4.52. The lowest BCUT2D eigenvalue weighted by Crippen LogP contribution is -2.49. The maximum atomic E-state index is 9.55. The molecule has 1 rings (SSSR count). The molecule has 0 aromatic heterocycles. The predicted octanol–water partition coefficient (Wildman–Crippen LogP) is 0.953. The van der Waals surface area contributed by atoms with Gasteiger partial charge in [0.2, 0.25) is 0 Å². The number of rotatable bonds is 3. The van der Waals surface area contributed by atoms with Crippen LogP contribution in [0.2, 0.25) is 0 Å². The van der Waals surface area contributed by atoms with E-state index in [0.29, 0.717) is 6.61 Å². The zero-order chi connectivity index (χ0) is 9.03. The van der Waals surface area contributed by atoms with E-state index in [0.717, 1.165) is 25.9 Å². The molecule has 3 nitrogen and oxygen atoms in total. The highest BCUT2D eigenvalue weighted by molar-refractivity contribution is 4.88. The quantitative estimate of drug-likeness (QED) is 0.692. The average Bonchev–Trinajstić information content (AvgIpc) is 2.06. The Labute approximate surface area is 73.7 Å². The summed E-state index contributed by atoms with van der Waals surface area (Å²) in [5.41, 5.74) is -0.437. The van der Waals surface area contributed by atoms with Crippen molar-refractivity contribution >= 4 is 0 Å². The summed E-state index contributed by atoms with van der Waals surface area (Å²) in [7, 11) is 1.64. The summed E-state index contributed by atoms with van der Waals surface area (Å²) in [5.74, 6) is 0. The molecule has 1 aliphatic rings. The Morgan fingerprint density at radius 3 is 2.75 bits per heavy atom. The molecule has 0 saturated carbocycles. The third-order valence-corrected chi connectivity index (χ3v) is 2.53. The van der Waals surface area contributed by atoms with Crippen molar-refractivity contribution < 1.29 is 14.6 Å². The lowest BCUT2D eigenvalue weighted by Gasteiger charge is -2.39. The smallest absolute Gasteiger partial charge is 0.117 e. The third kappa shape index (κ3) is 1.97. The largest absolute Gasteiger partial charge is 0.390 e. The molecule has 0 aliphatic carbocycles. The first kappa shape index (κ1) is 9.96. The molecule has 2 atom stereocenters. The van der Waals surface area contributed by atoms with Crippen molar-refractivity contribution in [3.05, 3.63) is 0 Å². The fourth-order valence-electron chi connectivity index (χ4n) is 1.68. The number of aliphatic hydroxyl groups excluding tert-OH is 1. The second kappa shape index (κ2) is 4.21. The molecular weight excluding hydrogens is 156 g/mol. The van der Waals surface area contributed by atoms with Gasteiger partial charge in [-0.2, -0.15) is 0 Å². The molecular formula is C9H18O3. The molecule has 0 amide bonds. The topological polar surface area (TPSA) is 38.7 Å². The fourth-order valence-corrected chi connectivity index (χ4v) is 1.68. The van der Waals surface area contributed by atoms with E-state index in [1.54, 1.807) is 14.0 Å². The Bertz CT molecular complexity index is 122. The van der Waals surface area contributed by atoms with Gasteiger partial charge in [-0.3, -0.25) is 0 Å². The standard InChI is InChI=1S/C9H18O3/c1-8(10)9(7-11-2)5-3-4-6-12-9/h8,10H,3-7H2,1-2H3/t8-,9?/m0/s1. The highest BCUT2D eigenvalue weighted by Crippen LogP contribution is 2.28. The van der Waals surface area contributed by atoms with E-state index in [2.05, 4.69) is 0 Å². The van der Waals surface area contributed by atoms with E-state index in [9.17, 15) is 5.11 Å². The van der Waals surface area contributed by atoms with E-state index >= 15 is 0 Å². The summed E-state index contributed by atoms with van der Waals surface area (Å²) in [6, 6.07) is 0. The molecule has 72 valence electrons. The van der Waals surface area contributed by atoms with Gasteiger partial charge in [0.05, 0.1) is 12.7 Å². The van der Waals surface area contributed by atoms with Gasteiger partial charge in [0, 0.05) is 13.7 Å². The molecule has 0 aromatic rings. The number of aliphatic hydroxyl groups is 1. The molecule has 1 aliphatic heterocycles. The van der Waals surface area contributed by atoms with Crippen molar-refractivity contribution in [1.29, 1.82) is 0 Å². The molecule has 1 unspecified atom stereocenters. The van der Waals surface area contributed by atoms with Crippen LogP contribution in [-0.2, 0) is 9.47 Å². The Hall–Kier alpha value is -0.120. The summed E-state index contributed by atoms with van der Waals surface area (Å²) >= 11 is 0. The SMILES string of the molecule is COCC1([C@H](C)O)CCCCO1. The minimum absolute atomic E-state index is 0.437. The van der Waals surface area contributed by atoms with E-state index in [-0.39, 0.29) is 0 Å². The van der Waals surface area contributed by atoms with Crippen LogP contribution in [0.5, 0.6) is 0 Å². The molecule has 1 N–H and O–H groups in total. The van der Waals surface area contributed by atoms with E-state index in [4.69, 9.17) is 9.47 Å². The molecule has 0 radical (unpaired) electrons. The van der Waals surface area contributed by atoms with Gasteiger partial charge in [0.1, 0.15) is 5.60 Å². The monoisotopic (exact) mass is 174 g/mol. The molecule has 0 bridgehead atoms. The molecule has 1 fully saturated rings. The Morgan fingerprint density at radius 1 is 1.58 bits per heavy atom. The second-order valence-corrected chi connectivity index (χ2v) is 3.48. The van der Waals surface area contributed by atoms with Gasteiger partial charge >= 0.3 is 0 Å². The summed E-state index contributed by atoms with van der Waals surface area (Å²) in [6.07, 6.45) is 2.67. The minimum Gasteiger partial charge on any atom is -0.390 e. The van der Waals surface area contributed by atoms with Crippen LogP contribution in [0.25, 0.3) is 0 Å². The summed E-state index contributed by atoms with van der Waals surface area (Å²) in [4.78, 5) is 0. The van der Waals surface area contributed by atoms with E-state index in [1.165, 1.54) is 0 Å². The Morgan fingerprint density at radius 2 is 2.33 bits per heavy atom. The maximum absolute atomic E-state index is 9.55. The van der Waals surface area contributed by atoms with Gasteiger partial charge in [0.25, 0.3) is 0 Å². The van der Waals surface area contributed by atoms with Gasteiger partial charge in [-0.25, -0.2) is 0 Å². The molecule has 1 saturated heterocycles. The zero-order valence-electron chi connectivity index (χ0n) is 7.88. The summed E-state index contributed by atoms with van der Waals surface area (Å²) < 4.78 is 10.7. The zero-order valence-corrected chi connectivity index (χ0v) is 7.88. The van der Waals surface area contributed by atoms with Gasteiger partial charge < -0.3 is 14.6 Å². The molecule has 3 heteroatoms. The van der Waals surface area contributed by atoms with Gasteiger partial charge in [0.15, 0.2) is 0 Å². The van der Waals surface area contributed by atoms with Crippen LogP contribution in [0.15, 0.2) is 0 Å². The normalized spacial score (nSPS) is 33.2. The van der Waals surface area contributed by atoms with Crippen molar-refractivity contribution in [2.75, 3.05) is 20.3 Å². The molecule has 0 aromatic carbocycles. The Kier molecular flexibility index (Phi) is 3.50. The van der Waals surface area contributed by atoms with E-state index < -0.39 is 11.7 Å². The van der Waals surface area contributed by atoms with Crippen molar-refractivity contribution in [2.24, 2.45) is 0 Å². The van der Waals surface area contributed by atoms with Crippen LogP contribution in [0, 0.1) is 0 Å². The van der Waals surface area contributed by atoms with Crippen molar-refractivity contribution in [3.8, 4) is 0 Å². The first-order chi connectivity index (χ1) is 5.71. The van der Waals surface area contributed by atoms with Crippen LogP contribution in [0.3, 0.4) is 0 Å². The lowest BCUT2D eigenvalue weighted by atomic mass is 9.90. The van der Waals surface area contributed by atoms with Crippen molar-refractivity contribution in [2.45, 2.75) is 37.9 Å². The van der Waals surface area contributed by atoms with Gasteiger partial charge in [-0.05, 0) is 26.2 Å². The predicted molar refractivity (Wildman–Crippen MR) is 46.1 cm³/mol. The third-order valence-electron chi connectivity index (χ3n) is 2.53. The maximum Gasteiger partial charge on any atom is 0.117 e. The van der Waals surface area contributed by atoms with Crippen LogP contribution < -0.4 is 0 Å². The highest BCUT2D eigenvalue weighted by atomic mass is 16.5. The number of ether oxygens (including phenoxy) is 2. The fraction of sp³-hybridized carbons (Fsp3) is 1.00. The number of hydrogen-bond donors (Lipinski definition) is 1. The van der Waals surface area contributed by atoms with Crippen LogP contribution in [-0.4, -0.2) is 37.1 Å². The molecule has 0 spiro atoms. The van der Waals surface area contributed by atoms with Crippen molar-refractivity contribution in [1.82, 2.24) is 0 Å². The molecule has 12 heavy (non-hydrogen) atoms. The number of methoxy groups -OCH3 is 1. The van der Waals surface area contributed by atoms with Crippen molar-refractivity contribution in [3.63, 3.8) is 0 Å². The average molecular weight is 174 g/mol.